The summed E-state index contributed by atoms with van der Waals surface area (Å²) in [6.45, 7) is 6.15. The van der Waals surface area contributed by atoms with Crippen molar-refractivity contribution in [3.8, 4) is 5.75 Å². The zero-order valence-electron chi connectivity index (χ0n) is 15.6. The molecule has 1 amide bonds. The minimum absolute atomic E-state index is 0.0591. The molecule has 0 unspecified atom stereocenters. The Morgan fingerprint density at radius 2 is 1.73 bits per heavy atom. The van der Waals surface area contributed by atoms with E-state index in [0.717, 1.165) is 44.0 Å². The molecule has 1 fully saturated rings. The number of benzene rings is 2. The van der Waals surface area contributed by atoms with E-state index in [2.05, 4.69) is 40.2 Å². The monoisotopic (exact) mass is 353 g/mol. The van der Waals surface area contributed by atoms with Gasteiger partial charge in [0.05, 0.1) is 13.7 Å². The molecule has 1 heterocycles. The van der Waals surface area contributed by atoms with Crippen molar-refractivity contribution in [2.45, 2.75) is 13.3 Å². The molecule has 0 aliphatic carbocycles. The van der Waals surface area contributed by atoms with E-state index in [0.29, 0.717) is 6.54 Å². The Labute approximate surface area is 155 Å². The molecule has 0 aromatic heterocycles. The first kappa shape index (κ1) is 18.3. The van der Waals surface area contributed by atoms with Gasteiger partial charge < -0.3 is 15.0 Å². The molecule has 5 heteroatoms. The molecule has 2 aromatic rings. The summed E-state index contributed by atoms with van der Waals surface area (Å²) in [6.07, 6.45) is 0.914. The Bertz CT molecular complexity index is 722. The van der Waals surface area contributed by atoms with E-state index in [1.807, 2.05) is 30.3 Å². The molecule has 0 radical (unpaired) electrons. The highest BCUT2D eigenvalue weighted by molar-refractivity contribution is 5.93. The maximum absolute atomic E-state index is 12.4. The van der Waals surface area contributed by atoms with Crippen molar-refractivity contribution in [2.75, 3.05) is 50.1 Å². The molecular weight excluding hydrogens is 326 g/mol. The van der Waals surface area contributed by atoms with Gasteiger partial charge in [0.2, 0.25) is 5.91 Å². The van der Waals surface area contributed by atoms with Crippen LogP contribution in [0.4, 0.5) is 11.4 Å². The topological polar surface area (TPSA) is 44.8 Å². The number of carbonyl (C=O) groups excluding carboxylic acids is 1. The van der Waals surface area contributed by atoms with Gasteiger partial charge in [-0.15, -0.1) is 0 Å². The standard InChI is InChI=1S/C21H27N3O2/c1-3-17-6-4-5-7-20(17)22-21(25)16-23-12-14-24(15-13-23)18-8-10-19(26-2)11-9-18/h4-11H,3,12-16H2,1-2H3,(H,22,25). The fraction of sp³-hybridized carbons (Fsp3) is 0.381. The average Bonchev–Trinajstić information content (AvgIpc) is 2.69. The molecule has 0 atom stereocenters. The molecule has 3 rings (SSSR count). The van der Waals surface area contributed by atoms with Gasteiger partial charge in [0.1, 0.15) is 5.75 Å². The minimum Gasteiger partial charge on any atom is -0.497 e. The molecule has 1 N–H and O–H groups in total. The van der Waals surface area contributed by atoms with Crippen LogP contribution in [-0.4, -0.2) is 50.6 Å². The minimum atomic E-state index is 0.0591. The fourth-order valence-electron chi connectivity index (χ4n) is 3.30. The summed E-state index contributed by atoms with van der Waals surface area (Å²) < 4.78 is 5.21. The SMILES string of the molecule is CCc1ccccc1NC(=O)CN1CCN(c2ccc(OC)cc2)CC1. The van der Waals surface area contributed by atoms with Crippen molar-refractivity contribution in [3.63, 3.8) is 0 Å². The number of para-hydroxylation sites is 1. The first-order valence-electron chi connectivity index (χ1n) is 9.18. The van der Waals surface area contributed by atoms with Gasteiger partial charge in [-0.3, -0.25) is 9.69 Å². The number of piperazine rings is 1. The number of anilines is 2. The number of hydrogen-bond acceptors (Lipinski definition) is 4. The highest BCUT2D eigenvalue weighted by Crippen LogP contribution is 2.20. The van der Waals surface area contributed by atoms with E-state index in [4.69, 9.17) is 4.74 Å². The summed E-state index contributed by atoms with van der Waals surface area (Å²) in [5, 5.41) is 3.06. The van der Waals surface area contributed by atoms with Gasteiger partial charge in [-0.25, -0.2) is 0 Å². The van der Waals surface area contributed by atoms with Crippen molar-refractivity contribution >= 4 is 17.3 Å². The van der Waals surface area contributed by atoms with Gasteiger partial charge in [-0.05, 0) is 42.3 Å². The predicted octanol–water partition coefficient (Wildman–Crippen LogP) is 3.02. The van der Waals surface area contributed by atoms with Crippen LogP contribution in [0.15, 0.2) is 48.5 Å². The second-order valence-electron chi connectivity index (χ2n) is 6.52. The zero-order valence-corrected chi connectivity index (χ0v) is 15.6. The Morgan fingerprint density at radius 3 is 2.38 bits per heavy atom. The number of amides is 1. The Morgan fingerprint density at radius 1 is 1.04 bits per heavy atom. The lowest BCUT2D eigenvalue weighted by Gasteiger charge is -2.35. The number of methoxy groups -OCH3 is 1. The smallest absolute Gasteiger partial charge is 0.238 e. The van der Waals surface area contributed by atoms with Crippen molar-refractivity contribution in [1.82, 2.24) is 4.90 Å². The van der Waals surface area contributed by atoms with Crippen molar-refractivity contribution in [1.29, 1.82) is 0 Å². The van der Waals surface area contributed by atoms with E-state index in [1.165, 1.54) is 11.3 Å². The third-order valence-corrected chi connectivity index (χ3v) is 4.85. The van der Waals surface area contributed by atoms with E-state index in [9.17, 15) is 4.79 Å². The van der Waals surface area contributed by atoms with Crippen LogP contribution in [0.1, 0.15) is 12.5 Å². The summed E-state index contributed by atoms with van der Waals surface area (Å²) in [7, 11) is 1.68. The number of nitrogens with zero attached hydrogens (tertiary/aromatic N) is 2. The van der Waals surface area contributed by atoms with Crippen LogP contribution < -0.4 is 15.0 Å². The number of rotatable bonds is 6. The maximum atomic E-state index is 12.4. The molecule has 1 aliphatic rings. The highest BCUT2D eigenvalue weighted by Gasteiger charge is 2.19. The number of hydrogen-bond donors (Lipinski definition) is 1. The lowest BCUT2D eigenvalue weighted by Crippen LogP contribution is -2.48. The van der Waals surface area contributed by atoms with Crippen molar-refractivity contribution in [3.05, 3.63) is 54.1 Å². The first-order valence-corrected chi connectivity index (χ1v) is 9.18. The van der Waals surface area contributed by atoms with Crippen molar-refractivity contribution < 1.29 is 9.53 Å². The summed E-state index contributed by atoms with van der Waals surface area (Å²) in [4.78, 5) is 17.0. The van der Waals surface area contributed by atoms with Crippen LogP contribution in [0.3, 0.4) is 0 Å². The second-order valence-corrected chi connectivity index (χ2v) is 6.52. The molecule has 0 saturated carbocycles. The molecule has 0 spiro atoms. The summed E-state index contributed by atoms with van der Waals surface area (Å²) in [5.74, 6) is 0.931. The van der Waals surface area contributed by atoms with Gasteiger partial charge in [0.15, 0.2) is 0 Å². The molecule has 5 nitrogen and oxygen atoms in total. The lowest BCUT2D eigenvalue weighted by atomic mass is 10.1. The van der Waals surface area contributed by atoms with Crippen LogP contribution in [0.5, 0.6) is 5.75 Å². The van der Waals surface area contributed by atoms with Crippen LogP contribution >= 0.6 is 0 Å². The summed E-state index contributed by atoms with van der Waals surface area (Å²) >= 11 is 0. The van der Waals surface area contributed by atoms with E-state index >= 15 is 0 Å². The Hall–Kier alpha value is -2.53. The number of ether oxygens (including phenoxy) is 1. The van der Waals surface area contributed by atoms with E-state index in [-0.39, 0.29) is 5.91 Å². The fourth-order valence-corrected chi connectivity index (χ4v) is 3.30. The highest BCUT2D eigenvalue weighted by atomic mass is 16.5. The second kappa shape index (κ2) is 8.72. The Kier molecular flexibility index (Phi) is 6.12. The van der Waals surface area contributed by atoms with Gasteiger partial charge in [0, 0.05) is 37.6 Å². The maximum Gasteiger partial charge on any atom is 0.238 e. The molecular formula is C21H27N3O2. The first-order chi connectivity index (χ1) is 12.7. The molecule has 0 bridgehead atoms. The summed E-state index contributed by atoms with van der Waals surface area (Å²) in [5.41, 5.74) is 3.30. The van der Waals surface area contributed by atoms with Gasteiger partial charge in [0.25, 0.3) is 0 Å². The van der Waals surface area contributed by atoms with Crippen LogP contribution in [0.25, 0.3) is 0 Å². The van der Waals surface area contributed by atoms with Crippen molar-refractivity contribution in [2.24, 2.45) is 0 Å². The van der Waals surface area contributed by atoms with E-state index in [1.54, 1.807) is 7.11 Å². The molecule has 1 saturated heterocycles. The predicted molar refractivity (Wildman–Crippen MR) is 106 cm³/mol. The van der Waals surface area contributed by atoms with Gasteiger partial charge in [-0.2, -0.15) is 0 Å². The number of nitrogens with one attached hydrogen (secondary N) is 1. The van der Waals surface area contributed by atoms with Crippen LogP contribution in [0.2, 0.25) is 0 Å². The zero-order chi connectivity index (χ0) is 18.4. The number of aryl methyl sites for hydroxylation is 1. The molecule has 1 aliphatic heterocycles. The quantitative estimate of drug-likeness (QED) is 0.867. The molecule has 26 heavy (non-hydrogen) atoms. The molecule has 2 aromatic carbocycles. The normalized spacial score (nSPS) is 14.9. The van der Waals surface area contributed by atoms with E-state index < -0.39 is 0 Å². The van der Waals surface area contributed by atoms with Crippen LogP contribution in [-0.2, 0) is 11.2 Å². The average molecular weight is 353 g/mol. The lowest BCUT2D eigenvalue weighted by molar-refractivity contribution is -0.117. The number of carbonyl (C=O) groups is 1. The Balaban J connectivity index is 1.49. The summed E-state index contributed by atoms with van der Waals surface area (Å²) in [6, 6.07) is 16.1. The largest absolute Gasteiger partial charge is 0.497 e. The third-order valence-electron chi connectivity index (χ3n) is 4.85. The van der Waals surface area contributed by atoms with Gasteiger partial charge >= 0.3 is 0 Å². The van der Waals surface area contributed by atoms with Crippen LogP contribution in [0, 0.1) is 0 Å². The van der Waals surface area contributed by atoms with Gasteiger partial charge in [-0.1, -0.05) is 25.1 Å². The molecule has 138 valence electrons. The third kappa shape index (κ3) is 4.55.